The molecule has 0 spiro atoms. The molecular formula is C17H23ClN4O3. The van der Waals surface area contributed by atoms with E-state index in [2.05, 4.69) is 5.32 Å². The van der Waals surface area contributed by atoms with E-state index in [1.165, 1.54) is 16.8 Å². The minimum Gasteiger partial charge on any atom is -0.355 e. The van der Waals surface area contributed by atoms with E-state index in [9.17, 15) is 14.4 Å². The van der Waals surface area contributed by atoms with Crippen molar-refractivity contribution in [1.82, 2.24) is 14.5 Å². The number of nitrogens with zero attached hydrogens (tertiary/aromatic N) is 2. The second kappa shape index (κ2) is 10.5. The monoisotopic (exact) mass is 366 g/mol. The second-order valence-electron chi connectivity index (χ2n) is 5.48. The van der Waals surface area contributed by atoms with Crippen molar-refractivity contribution in [1.29, 1.82) is 0 Å². The Morgan fingerprint density at radius 1 is 1.08 bits per heavy atom. The molecule has 7 nitrogen and oxygen atoms in total. The Morgan fingerprint density at radius 3 is 2.48 bits per heavy atom. The van der Waals surface area contributed by atoms with E-state index in [1.54, 1.807) is 0 Å². The molecule has 0 radical (unpaired) electrons. The van der Waals surface area contributed by atoms with Crippen molar-refractivity contribution in [2.75, 3.05) is 13.1 Å². The zero-order chi connectivity index (χ0) is 17.4. The van der Waals surface area contributed by atoms with Crippen LogP contribution in [0.15, 0.2) is 52.2 Å². The summed E-state index contributed by atoms with van der Waals surface area (Å²) in [7, 11) is 0. The zero-order valence-electron chi connectivity index (χ0n) is 13.9. The summed E-state index contributed by atoms with van der Waals surface area (Å²) in [5.74, 6) is -0.358. The molecule has 3 N–H and O–H groups in total. The maximum Gasteiger partial charge on any atom is 0.331 e. The first kappa shape index (κ1) is 20.7. The molecule has 0 aliphatic rings. The van der Waals surface area contributed by atoms with Gasteiger partial charge in [0.15, 0.2) is 0 Å². The van der Waals surface area contributed by atoms with Crippen LogP contribution >= 0.6 is 12.4 Å². The molecule has 0 fully saturated rings. The number of benzene rings is 1. The molecule has 1 amide bonds. The molecule has 0 atom stereocenters. The lowest BCUT2D eigenvalue weighted by Crippen LogP contribution is -2.43. The van der Waals surface area contributed by atoms with Crippen molar-refractivity contribution in [3.63, 3.8) is 0 Å². The number of hydrogen-bond donors (Lipinski definition) is 2. The Morgan fingerprint density at radius 2 is 1.80 bits per heavy atom. The molecule has 0 aliphatic carbocycles. The van der Waals surface area contributed by atoms with Gasteiger partial charge >= 0.3 is 5.69 Å². The SMILES string of the molecule is Cl.NCCCCNC(=O)Cn1c(=O)ccn(Cc2ccccc2)c1=O. The van der Waals surface area contributed by atoms with Crippen LogP contribution in [0.3, 0.4) is 0 Å². The van der Waals surface area contributed by atoms with Gasteiger partial charge in [0.1, 0.15) is 6.54 Å². The number of hydrogen-bond acceptors (Lipinski definition) is 4. The average Bonchev–Trinajstić information content (AvgIpc) is 2.59. The van der Waals surface area contributed by atoms with Crippen LogP contribution in [0, 0.1) is 0 Å². The number of unbranched alkanes of at least 4 members (excludes halogenated alkanes) is 1. The summed E-state index contributed by atoms with van der Waals surface area (Å²) in [5, 5.41) is 2.69. The predicted octanol–water partition coefficient (Wildman–Crippen LogP) is 0.335. The fraction of sp³-hybridized carbons (Fsp3) is 0.353. The maximum atomic E-state index is 12.4. The summed E-state index contributed by atoms with van der Waals surface area (Å²) in [6.07, 6.45) is 3.03. The van der Waals surface area contributed by atoms with Crippen molar-refractivity contribution in [3.05, 3.63) is 69.0 Å². The van der Waals surface area contributed by atoms with Crippen LogP contribution in [0.4, 0.5) is 0 Å². The second-order valence-corrected chi connectivity index (χ2v) is 5.48. The van der Waals surface area contributed by atoms with E-state index in [4.69, 9.17) is 5.73 Å². The molecule has 25 heavy (non-hydrogen) atoms. The van der Waals surface area contributed by atoms with Gasteiger partial charge in [0.05, 0.1) is 6.54 Å². The van der Waals surface area contributed by atoms with Crippen LogP contribution in [-0.4, -0.2) is 28.1 Å². The van der Waals surface area contributed by atoms with Gasteiger partial charge < -0.3 is 11.1 Å². The molecule has 0 saturated carbocycles. The number of amides is 1. The van der Waals surface area contributed by atoms with Gasteiger partial charge in [-0.05, 0) is 24.9 Å². The molecule has 0 saturated heterocycles. The largest absolute Gasteiger partial charge is 0.355 e. The van der Waals surface area contributed by atoms with Gasteiger partial charge in [-0.3, -0.25) is 18.7 Å². The number of halogens is 1. The van der Waals surface area contributed by atoms with Crippen LogP contribution in [0.5, 0.6) is 0 Å². The highest BCUT2D eigenvalue weighted by molar-refractivity contribution is 5.85. The van der Waals surface area contributed by atoms with E-state index >= 15 is 0 Å². The molecule has 136 valence electrons. The standard InChI is InChI=1S/C17H22N4O3.ClH/c18-9-4-5-10-19-15(22)13-21-16(23)8-11-20(17(21)24)12-14-6-2-1-3-7-14;/h1-3,6-8,11H,4-5,9-10,12-13,18H2,(H,19,22);1H. The third-order valence-electron chi connectivity index (χ3n) is 3.59. The number of carbonyl (C=O) groups excluding carboxylic acids is 1. The summed E-state index contributed by atoms with van der Waals surface area (Å²) in [6.45, 7) is 1.11. The first-order valence-corrected chi connectivity index (χ1v) is 7.93. The van der Waals surface area contributed by atoms with Gasteiger partial charge in [-0.15, -0.1) is 12.4 Å². The molecule has 8 heteroatoms. The molecular weight excluding hydrogens is 344 g/mol. The molecule has 1 aromatic heterocycles. The van der Waals surface area contributed by atoms with Gasteiger partial charge in [0, 0.05) is 18.8 Å². The van der Waals surface area contributed by atoms with Gasteiger partial charge in [-0.2, -0.15) is 0 Å². The third kappa shape index (κ3) is 6.21. The fourth-order valence-electron chi connectivity index (χ4n) is 2.30. The molecule has 2 rings (SSSR count). The Hall–Kier alpha value is -2.38. The quantitative estimate of drug-likeness (QED) is 0.658. The van der Waals surface area contributed by atoms with Gasteiger partial charge in [0.2, 0.25) is 5.91 Å². The molecule has 1 aromatic carbocycles. The highest BCUT2D eigenvalue weighted by Gasteiger charge is 2.10. The molecule has 0 bridgehead atoms. The van der Waals surface area contributed by atoms with Crippen molar-refractivity contribution in [2.24, 2.45) is 5.73 Å². The third-order valence-corrected chi connectivity index (χ3v) is 3.59. The van der Waals surface area contributed by atoms with Crippen molar-refractivity contribution in [3.8, 4) is 0 Å². The van der Waals surface area contributed by atoms with Crippen LogP contribution in [0.25, 0.3) is 0 Å². The van der Waals surface area contributed by atoms with E-state index < -0.39 is 11.2 Å². The van der Waals surface area contributed by atoms with E-state index in [0.717, 1.165) is 23.0 Å². The van der Waals surface area contributed by atoms with Crippen LogP contribution in [-0.2, 0) is 17.9 Å². The lowest BCUT2D eigenvalue weighted by molar-refractivity contribution is -0.121. The number of aromatic nitrogens is 2. The first-order valence-electron chi connectivity index (χ1n) is 7.93. The van der Waals surface area contributed by atoms with Crippen LogP contribution < -0.4 is 22.3 Å². The smallest absolute Gasteiger partial charge is 0.331 e. The highest BCUT2D eigenvalue weighted by Crippen LogP contribution is 1.99. The van der Waals surface area contributed by atoms with E-state index in [0.29, 0.717) is 19.6 Å². The minimum atomic E-state index is -0.497. The fourth-order valence-corrected chi connectivity index (χ4v) is 2.30. The molecule has 0 aliphatic heterocycles. The van der Waals surface area contributed by atoms with Crippen molar-refractivity contribution >= 4 is 18.3 Å². The summed E-state index contributed by atoms with van der Waals surface area (Å²) in [5.41, 5.74) is 5.35. The van der Waals surface area contributed by atoms with Gasteiger partial charge in [0.25, 0.3) is 5.56 Å². The highest BCUT2D eigenvalue weighted by atomic mass is 35.5. The van der Waals surface area contributed by atoms with Gasteiger partial charge in [-0.1, -0.05) is 30.3 Å². The number of nitrogens with two attached hydrogens (primary N) is 1. The lowest BCUT2D eigenvalue weighted by atomic mass is 10.2. The zero-order valence-corrected chi connectivity index (χ0v) is 14.7. The average molecular weight is 367 g/mol. The Kier molecular flexibility index (Phi) is 8.66. The summed E-state index contributed by atoms with van der Waals surface area (Å²) in [6, 6.07) is 10.7. The predicted molar refractivity (Wildman–Crippen MR) is 99.1 cm³/mol. The Bertz CT molecular complexity index is 786. The summed E-state index contributed by atoms with van der Waals surface area (Å²) >= 11 is 0. The maximum absolute atomic E-state index is 12.4. The topological polar surface area (TPSA) is 99.1 Å². The van der Waals surface area contributed by atoms with E-state index in [1.807, 2.05) is 30.3 Å². The summed E-state index contributed by atoms with van der Waals surface area (Å²) in [4.78, 5) is 36.2. The normalized spacial score (nSPS) is 10.1. The van der Waals surface area contributed by atoms with Crippen LogP contribution in [0.1, 0.15) is 18.4 Å². The van der Waals surface area contributed by atoms with Gasteiger partial charge in [-0.25, -0.2) is 4.79 Å². The Balaban J connectivity index is 0.00000312. The van der Waals surface area contributed by atoms with Crippen molar-refractivity contribution in [2.45, 2.75) is 25.9 Å². The van der Waals surface area contributed by atoms with Crippen LogP contribution in [0.2, 0.25) is 0 Å². The number of carbonyl (C=O) groups is 1. The summed E-state index contributed by atoms with van der Waals surface area (Å²) < 4.78 is 2.36. The number of nitrogens with one attached hydrogen (secondary N) is 1. The Labute approximate surface area is 151 Å². The van der Waals surface area contributed by atoms with Crippen molar-refractivity contribution < 1.29 is 4.79 Å². The molecule has 0 unspecified atom stereocenters. The molecule has 2 aromatic rings. The lowest BCUT2D eigenvalue weighted by Gasteiger charge is -2.10. The van der Waals surface area contributed by atoms with E-state index in [-0.39, 0.29) is 24.9 Å². The number of rotatable bonds is 8. The minimum absolute atomic E-state index is 0. The molecule has 1 heterocycles. The first-order chi connectivity index (χ1) is 11.6.